The summed E-state index contributed by atoms with van der Waals surface area (Å²) in [7, 11) is 3.92. The van der Waals surface area contributed by atoms with E-state index in [-0.39, 0.29) is 0 Å². The average molecular weight is 221 g/mol. The molecule has 2 rings (SSSR count). The number of nitrogens with one attached hydrogen (secondary N) is 1. The van der Waals surface area contributed by atoms with E-state index in [1.807, 2.05) is 31.0 Å². The van der Waals surface area contributed by atoms with Gasteiger partial charge in [0.2, 0.25) is 0 Å². The van der Waals surface area contributed by atoms with Gasteiger partial charge in [0, 0.05) is 24.2 Å². The fourth-order valence-electron chi connectivity index (χ4n) is 1.41. The number of hydrogen-bond donors (Lipinski definition) is 1. The number of hydrogen-bond acceptors (Lipinski definition) is 3. The van der Waals surface area contributed by atoms with Crippen molar-refractivity contribution in [2.24, 2.45) is 7.05 Å². The Bertz CT molecular complexity index is 444. The van der Waals surface area contributed by atoms with Crippen LogP contribution in [0.25, 0.3) is 10.6 Å². The van der Waals surface area contributed by atoms with Gasteiger partial charge in [-0.05, 0) is 32.2 Å². The molecule has 0 aliphatic rings. The van der Waals surface area contributed by atoms with Crippen molar-refractivity contribution >= 4 is 11.3 Å². The molecule has 2 aromatic heterocycles. The van der Waals surface area contributed by atoms with E-state index in [2.05, 4.69) is 29.5 Å². The van der Waals surface area contributed by atoms with E-state index in [0.717, 1.165) is 5.69 Å². The quantitative estimate of drug-likeness (QED) is 0.862. The maximum Gasteiger partial charge on any atom is 0.102 e. The van der Waals surface area contributed by atoms with Gasteiger partial charge in [-0.2, -0.15) is 5.10 Å². The summed E-state index contributed by atoms with van der Waals surface area (Å²) in [6, 6.07) is 6.75. The van der Waals surface area contributed by atoms with Crippen molar-refractivity contribution in [3.8, 4) is 10.6 Å². The predicted molar refractivity (Wildman–Crippen MR) is 64.0 cm³/mol. The van der Waals surface area contributed by atoms with Gasteiger partial charge < -0.3 is 5.32 Å². The zero-order valence-corrected chi connectivity index (χ0v) is 10.0. The molecule has 2 heterocycles. The van der Waals surface area contributed by atoms with Crippen molar-refractivity contribution in [3.63, 3.8) is 0 Å². The average Bonchev–Trinajstić information content (AvgIpc) is 2.84. The van der Waals surface area contributed by atoms with Crippen LogP contribution < -0.4 is 5.32 Å². The first-order valence-corrected chi connectivity index (χ1v) is 5.79. The molecule has 0 amide bonds. The van der Waals surface area contributed by atoms with Gasteiger partial charge in [-0.25, -0.2) is 0 Å². The summed E-state index contributed by atoms with van der Waals surface area (Å²) < 4.78 is 1.83. The van der Waals surface area contributed by atoms with Gasteiger partial charge in [0.15, 0.2) is 0 Å². The van der Waals surface area contributed by atoms with E-state index < -0.39 is 0 Å². The Morgan fingerprint density at radius 2 is 2.20 bits per heavy atom. The van der Waals surface area contributed by atoms with Crippen LogP contribution in [0.1, 0.15) is 17.8 Å². The molecule has 0 fully saturated rings. The van der Waals surface area contributed by atoms with E-state index >= 15 is 0 Å². The van der Waals surface area contributed by atoms with E-state index in [1.165, 1.54) is 9.75 Å². The number of rotatable bonds is 3. The Hall–Kier alpha value is -1.13. The summed E-state index contributed by atoms with van der Waals surface area (Å²) in [6.45, 7) is 2.16. The molecule has 0 aliphatic carbocycles. The van der Waals surface area contributed by atoms with Crippen LogP contribution in [0.2, 0.25) is 0 Å². The highest BCUT2D eigenvalue weighted by molar-refractivity contribution is 7.15. The van der Waals surface area contributed by atoms with E-state index in [9.17, 15) is 0 Å². The second kappa shape index (κ2) is 4.16. The van der Waals surface area contributed by atoms with Crippen LogP contribution in [-0.2, 0) is 7.05 Å². The van der Waals surface area contributed by atoms with Gasteiger partial charge in [0.1, 0.15) is 5.69 Å². The fraction of sp³-hybridized carbons (Fsp3) is 0.364. The lowest BCUT2D eigenvalue weighted by Crippen LogP contribution is -2.10. The Morgan fingerprint density at radius 1 is 1.40 bits per heavy atom. The van der Waals surface area contributed by atoms with Crippen LogP contribution in [0, 0.1) is 0 Å². The monoisotopic (exact) mass is 221 g/mol. The number of aromatic nitrogens is 2. The normalized spacial score (nSPS) is 13.0. The van der Waals surface area contributed by atoms with Crippen molar-refractivity contribution in [2.75, 3.05) is 7.05 Å². The summed E-state index contributed by atoms with van der Waals surface area (Å²) in [5.74, 6) is 0. The number of nitrogens with zero attached hydrogens (tertiary/aromatic N) is 2. The number of thiophene rings is 1. The molecule has 0 spiro atoms. The standard InChI is InChI=1S/C11H15N3S/c1-8(12-2)10-4-5-11(15-10)9-6-7-14(3)13-9/h4-8,12H,1-3H3. The largest absolute Gasteiger partial charge is 0.313 e. The lowest BCUT2D eigenvalue weighted by atomic mass is 10.3. The molecule has 0 saturated carbocycles. The lowest BCUT2D eigenvalue weighted by molar-refractivity contribution is 0.664. The van der Waals surface area contributed by atoms with E-state index in [1.54, 1.807) is 11.3 Å². The highest BCUT2D eigenvalue weighted by atomic mass is 32.1. The summed E-state index contributed by atoms with van der Waals surface area (Å²) in [5, 5.41) is 7.62. The van der Waals surface area contributed by atoms with Crippen LogP contribution in [0.4, 0.5) is 0 Å². The highest BCUT2D eigenvalue weighted by Gasteiger charge is 2.08. The third-order valence-corrected chi connectivity index (χ3v) is 3.74. The molecule has 1 unspecified atom stereocenters. The molecule has 1 N–H and O–H groups in total. The van der Waals surface area contributed by atoms with Crippen molar-refractivity contribution in [2.45, 2.75) is 13.0 Å². The first-order valence-electron chi connectivity index (χ1n) is 4.97. The molecule has 15 heavy (non-hydrogen) atoms. The van der Waals surface area contributed by atoms with Crippen LogP contribution in [0.15, 0.2) is 24.4 Å². The van der Waals surface area contributed by atoms with E-state index in [0.29, 0.717) is 6.04 Å². The lowest BCUT2D eigenvalue weighted by Gasteiger charge is -2.05. The summed E-state index contributed by atoms with van der Waals surface area (Å²) in [4.78, 5) is 2.57. The topological polar surface area (TPSA) is 29.9 Å². The first-order chi connectivity index (χ1) is 7.20. The summed E-state index contributed by atoms with van der Waals surface area (Å²) >= 11 is 1.79. The summed E-state index contributed by atoms with van der Waals surface area (Å²) in [5.41, 5.74) is 1.05. The SMILES string of the molecule is CNC(C)c1ccc(-c2ccn(C)n2)s1. The zero-order valence-electron chi connectivity index (χ0n) is 9.19. The maximum absolute atomic E-state index is 4.39. The third kappa shape index (κ3) is 2.11. The minimum atomic E-state index is 0.410. The van der Waals surface area contributed by atoms with Crippen LogP contribution in [0.3, 0.4) is 0 Å². The first kappa shape index (κ1) is 10.4. The molecule has 80 valence electrons. The highest BCUT2D eigenvalue weighted by Crippen LogP contribution is 2.29. The molecule has 0 aromatic carbocycles. The van der Waals surface area contributed by atoms with Gasteiger partial charge in [-0.15, -0.1) is 11.3 Å². The van der Waals surface area contributed by atoms with Crippen molar-refractivity contribution < 1.29 is 0 Å². The third-order valence-electron chi connectivity index (χ3n) is 2.45. The van der Waals surface area contributed by atoms with E-state index in [4.69, 9.17) is 0 Å². The molecule has 0 saturated heterocycles. The maximum atomic E-state index is 4.39. The Morgan fingerprint density at radius 3 is 2.80 bits per heavy atom. The van der Waals surface area contributed by atoms with Gasteiger partial charge in [0.05, 0.1) is 4.88 Å². The van der Waals surface area contributed by atoms with Crippen molar-refractivity contribution in [1.82, 2.24) is 15.1 Å². The Kier molecular flexibility index (Phi) is 2.88. The van der Waals surface area contributed by atoms with Crippen LogP contribution in [0.5, 0.6) is 0 Å². The molecule has 1 atom stereocenters. The minimum Gasteiger partial charge on any atom is -0.313 e. The Labute approximate surface area is 93.7 Å². The molecule has 2 aromatic rings. The van der Waals surface area contributed by atoms with Crippen molar-refractivity contribution in [1.29, 1.82) is 0 Å². The molecular weight excluding hydrogens is 206 g/mol. The minimum absolute atomic E-state index is 0.410. The molecular formula is C11H15N3S. The van der Waals surface area contributed by atoms with Gasteiger partial charge >= 0.3 is 0 Å². The van der Waals surface area contributed by atoms with Gasteiger partial charge in [0.25, 0.3) is 0 Å². The molecule has 0 bridgehead atoms. The summed E-state index contributed by atoms with van der Waals surface area (Å²) in [6.07, 6.45) is 1.97. The van der Waals surface area contributed by atoms with Crippen LogP contribution >= 0.6 is 11.3 Å². The number of aryl methyl sites for hydroxylation is 1. The van der Waals surface area contributed by atoms with Crippen LogP contribution in [-0.4, -0.2) is 16.8 Å². The van der Waals surface area contributed by atoms with Gasteiger partial charge in [-0.3, -0.25) is 4.68 Å². The smallest absolute Gasteiger partial charge is 0.102 e. The molecule has 0 radical (unpaired) electrons. The zero-order chi connectivity index (χ0) is 10.8. The van der Waals surface area contributed by atoms with Gasteiger partial charge in [-0.1, -0.05) is 0 Å². The second-order valence-electron chi connectivity index (χ2n) is 3.59. The van der Waals surface area contributed by atoms with Crippen molar-refractivity contribution in [3.05, 3.63) is 29.3 Å². The molecule has 4 heteroatoms. The fourth-order valence-corrected chi connectivity index (χ4v) is 2.45. The second-order valence-corrected chi connectivity index (χ2v) is 4.70. The Balaban J connectivity index is 2.27. The predicted octanol–water partition coefficient (Wildman–Crippen LogP) is 2.43. The molecule has 0 aliphatic heterocycles. The molecule has 3 nitrogen and oxygen atoms in total.